The number of hydrogen-bond acceptors (Lipinski definition) is 8. The molecule has 8 heteroatoms. The van der Waals surface area contributed by atoms with E-state index in [4.69, 9.17) is 14.2 Å². The van der Waals surface area contributed by atoms with Crippen LogP contribution in [0.15, 0.2) is 24.3 Å². The Balaban J connectivity index is 2.31. The fourth-order valence-corrected chi connectivity index (χ4v) is 3.42. The van der Waals surface area contributed by atoms with Crippen LogP contribution in [-0.4, -0.2) is 60.9 Å². The summed E-state index contributed by atoms with van der Waals surface area (Å²) in [5.41, 5.74) is 0.838. The molecule has 0 radical (unpaired) electrons. The summed E-state index contributed by atoms with van der Waals surface area (Å²) in [6.07, 6.45) is -0.107. The van der Waals surface area contributed by atoms with Crippen molar-refractivity contribution in [1.29, 1.82) is 0 Å². The van der Waals surface area contributed by atoms with Gasteiger partial charge in [-0.15, -0.1) is 11.8 Å². The third-order valence-corrected chi connectivity index (χ3v) is 5.96. The van der Waals surface area contributed by atoms with E-state index in [0.717, 1.165) is 12.0 Å². The van der Waals surface area contributed by atoms with Gasteiger partial charge < -0.3 is 19.3 Å². The van der Waals surface area contributed by atoms with E-state index in [-0.39, 0.29) is 24.9 Å². The number of aliphatic hydroxyl groups is 1. The van der Waals surface area contributed by atoms with Crippen molar-refractivity contribution in [2.45, 2.75) is 46.1 Å². The molecule has 0 aliphatic heterocycles. The molecule has 30 heavy (non-hydrogen) atoms. The summed E-state index contributed by atoms with van der Waals surface area (Å²) in [5, 5.41) is 9.88. The van der Waals surface area contributed by atoms with Crippen LogP contribution >= 0.6 is 11.8 Å². The molecule has 2 atom stereocenters. The number of methoxy groups -OCH3 is 1. The molecule has 0 aliphatic rings. The fourth-order valence-electron chi connectivity index (χ4n) is 2.44. The number of ether oxygens (including phenoxy) is 3. The maximum Gasteiger partial charge on any atom is 0.338 e. The van der Waals surface area contributed by atoms with Crippen LogP contribution < -0.4 is 0 Å². The monoisotopic (exact) mass is 440 g/mol. The van der Waals surface area contributed by atoms with Gasteiger partial charge in [0.2, 0.25) is 0 Å². The quantitative estimate of drug-likeness (QED) is 0.391. The standard InChI is InChI=1S/C22H32O7S/c1-6-15(2)16-7-9-17(10-8-16)20(25)29-12-18(23)11-28-19(24)13-30-14-22(3,4)21(26)27-5/h7-10,15,18,23H,6,11-14H2,1-5H3. The van der Waals surface area contributed by atoms with E-state index in [1.807, 2.05) is 12.1 Å². The SMILES string of the molecule is CCC(C)c1ccc(C(=O)OCC(O)COC(=O)CSCC(C)(C)C(=O)OC)cc1. The first-order valence-corrected chi connectivity index (χ1v) is 11.0. The second-order valence-corrected chi connectivity index (χ2v) is 8.72. The normalized spacial score (nSPS) is 13.3. The highest BCUT2D eigenvalue weighted by atomic mass is 32.2. The topological polar surface area (TPSA) is 99.1 Å². The van der Waals surface area contributed by atoms with E-state index in [2.05, 4.69) is 13.8 Å². The first-order valence-electron chi connectivity index (χ1n) is 9.87. The predicted octanol–water partition coefficient (Wildman–Crippen LogP) is 3.19. The van der Waals surface area contributed by atoms with Crippen molar-refractivity contribution in [3.05, 3.63) is 35.4 Å². The Bertz CT molecular complexity index is 700. The van der Waals surface area contributed by atoms with E-state index in [0.29, 0.717) is 17.2 Å². The lowest BCUT2D eigenvalue weighted by molar-refractivity contribution is -0.149. The van der Waals surface area contributed by atoms with Crippen LogP contribution in [0.3, 0.4) is 0 Å². The van der Waals surface area contributed by atoms with Gasteiger partial charge in [0.15, 0.2) is 0 Å². The highest BCUT2D eigenvalue weighted by Crippen LogP contribution is 2.23. The Morgan fingerprint density at radius 1 is 1.10 bits per heavy atom. The van der Waals surface area contributed by atoms with Gasteiger partial charge >= 0.3 is 17.9 Å². The zero-order valence-electron chi connectivity index (χ0n) is 18.3. The summed E-state index contributed by atoms with van der Waals surface area (Å²) >= 11 is 1.24. The van der Waals surface area contributed by atoms with E-state index < -0.39 is 23.5 Å². The third-order valence-electron chi connectivity index (χ3n) is 4.59. The molecular weight excluding hydrogens is 408 g/mol. The Morgan fingerprint density at radius 2 is 1.70 bits per heavy atom. The minimum Gasteiger partial charge on any atom is -0.469 e. The Kier molecular flexibility index (Phi) is 10.9. The van der Waals surface area contributed by atoms with Gasteiger partial charge in [-0.05, 0) is 43.9 Å². The summed E-state index contributed by atoms with van der Waals surface area (Å²) in [6.45, 7) is 7.12. The number of hydrogen-bond donors (Lipinski definition) is 1. The zero-order valence-corrected chi connectivity index (χ0v) is 19.1. The molecule has 0 aliphatic carbocycles. The third kappa shape index (κ3) is 8.75. The van der Waals surface area contributed by atoms with Crippen LogP contribution in [0.2, 0.25) is 0 Å². The minimum absolute atomic E-state index is 0.0372. The lowest BCUT2D eigenvalue weighted by Crippen LogP contribution is -2.29. The van der Waals surface area contributed by atoms with E-state index in [1.54, 1.807) is 26.0 Å². The van der Waals surface area contributed by atoms with Gasteiger partial charge in [-0.25, -0.2) is 4.79 Å². The molecule has 0 fully saturated rings. The van der Waals surface area contributed by atoms with Crippen molar-refractivity contribution in [2.24, 2.45) is 5.41 Å². The number of carbonyl (C=O) groups is 3. The Morgan fingerprint density at radius 3 is 2.27 bits per heavy atom. The molecule has 0 heterocycles. The van der Waals surface area contributed by atoms with Crippen molar-refractivity contribution in [1.82, 2.24) is 0 Å². The number of esters is 3. The molecule has 1 rings (SSSR count). The average molecular weight is 441 g/mol. The van der Waals surface area contributed by atoms with Crippen molar-refractivity contribution in [3.8, 4) is 0 Å². The number of thioether (sulfide) groups is 1. The van der Waals surface area contributed by atoms with Crippen molar-refractivity contribution >= 4 is 29.7 Å². The van der Waals surface area contributed by atoms with Crippen LogP contribution in [0, 0.1) is 5.41 Å². The van der Waals surface area contributed by atoms with Crippen LogP contribution in [-0.2, 0) is 23.8 Å². The number of rotatable bonds is 12. The molecule has 168 valence electrons. The largest absolute Gasteiger partial charge is 0.469 e. The van der Waals surface area contributed by atoms with Crippen molar-refractivity contribution in [3.63, 3.8) is 0 Å². The molecule has 0 spiro atoms. The zero-order chi connectivity index (χ0) is 22.7. The van der Waals surface area contributed by atoms with Gasteiger partial charge in [0, 0.05) is 5.75 Å². The van der Waals surface area contributed by atoms with E-state index in [9.17, 15) is 19.5 Å². The Hall–Kier alpha value is -2.06. The Labute approximate surface area is 182 Å². The number of carbonyl (C=O) groups excluding carboxylic acids is 3. The maximum atomic E-state index is 12.1. The van der Waals surface area contributed by atoms with Gasteiger partial charge in [-0.1, -0.05) is 26.0 Å². The summed E-state index contributed by atoms with van der Waals surface area (Å²) in [6, 6.07) is 7.18. The summed E-state index contributed by atoms with van der Waals surface area (Å²) in [4.78, 5) is 35.4. The molecule has 2 unspecified atom stereocenters. The van der Waals surface area contributed by atoms with Crippen LogP contribution in [0.5, 0.6) is 0 Å². The molecule has 0 bridgehead atoms. The van der Waals surface area contributed by atoms with E-state index >= 15 is 0 Å². The molecule has 1 aromatic carbocycles. The first kappa shape index (κ1) is 26.0. The average Bonchev–Trinajstić information content (AvgIpc) is 2.74. The molecule has 0 aromatic heterocycles. The van der Waals surface area contributed by atoms with Gasteiger partial charge in [0.05, 0.1) is 23.8 Å². The highest BCUT2D eigenvalue weighted by Gasteiger charge is 2.28. The van der Waals surface area contributed by atoms with E-state index in [1.165, 1.54) is 18.9 Å². The van der Waals surface area contributed by atoms with Crippen molar-refractivity contribution < 1.29 is 33.7 Å². The second-order valence-electron chi connectivity index (χ2n) is 7.73. The minimum atomic E-state index is -1.12. The molecular formula is C22H32O7S. The van der Waals surface area contributed by atoms with Crippen LogP contribution in [0.4, 0.5) is 0 Å². The summed E-state index contributed by atoms with van der Waals surface area (Å²) < 4.78 is 14.8. The molecule has 1 N–H and O–H groups in total. The summed E-state index contributed by atoms with van der Waals surface area (Å²) in [7, 11) is 1.32. The molecule has 0 saturated heterocycles. The smallest absolute Gasteiger partial charge is 0.338 e. The predicted molar refractivity (Wildman–Crippen MR) is 116 cm³/mol. The van der Waals surface area contributed by atoms with Crippen molar-refractivity contribution in [2.75, 3.05) is 31.8 Å². The molecule has 7 nitrogen and oxygen atoms in total. The maximum absolute atomic E-state index is 12.1. The lowest BCUT2D eigenvalue weighted by atomic mass is 9.97. The molecule has 0 amide bonds. The van der Waals surface area contributed by atoms with Gasteiger partial charge in [0.25, 0.3) is 0 Å². The second kappa shape index (κ2) is 12.6. The van der Waals surface area contributed by atoms with Crippen LogP contribution in [0.1, 0.15) is 56.0 Å². The summed E-state index contributed by atoms with van der Waals surface area (Å²) in [5.74, 6) is -0.574. The highest BCUT2D eigenvalue weighted by molar-refractivity contribution is 7.99. The van der Waals surface area contributed by atoms with Gasteiger partial charge in [-0.3, -0.25) is 9.59 Å². The van der Waals surface area contributed by atoms with Gasteiger partial charge in [-0.2, -0.15) is 0 Å². The molecule has 1 aromatic rings. The fraction of sp³-hybridized carbons (Fsp3) is 0.591. The molecule has 0 saturated carbocycles. The first-order chi connectivity index (χ1) is 14.1. The number of benzene rings is 1. The number of aliphatic hydroxyl groups excluding tert-OH is 1. The van der Waals surface area contributed by atoms with Crippen LogP contribution in [0.25, 0.3) is 0 Å². The van der Waals surface area contributed by atoms with Gasteiger partial charge in [0.1, 0.15) is 19.3 Å². The lowest BCUT2D eigenvalue weighted by Gasteiger charge is -2.20.